The van der Waals surface area contributed by atoms with Gasteiger partial charge in [-0.3, -0.25) is 9.11 Å². The van der Waals surface area contributed by atoms with E-state index in [0.717, 1.165) is 7.11 Å². The summed E-state index contributed by atoms with van der Waals surface area (Å²) in [6, 6.07) is 0. The molecular weight excluding hydrogens is 340 g/mol. The van der Waals surface area contributed by atoms with E-state index in [2.05, 4.69) is 13.1 Å². The van der Waals surface area contributed by atoms with Gasteiger partial charge in [0.05, 0.1) is 6.61 Å². The van der Waals surface area contributed by atoms with Crippen molar-refractivity contribution in [3.8, 4) is 0 Å². The molecule has 1 aliphatic heterocycles. The lowest BCUT2D eigenvalue weighted by molar-refractivity contribution is -0.284. The van der Waals surface area contributed by atoms with Crippen LogP contribution < -0.4 is 0 Å². The van der Waals surface area contributed by atoms with Crippen LogP contribution in [0.15, 0.2) is 0 Å². The van der Waals surface area contributed by atoms with Crippen LogP contribution in [0.25, 0.3) is 0 Å². The monoisotopic (exact) mass is 354 g/mol. The summed E-state index contributed by atoms with van der Waals surface area (Å²) in [4.78, 5) is 0. The third kappa shape index (κ3) is 5.37. The summed E-state index contributed by atoms with van der Waals surface area (Å²) in [7, 11) is -9.20. The molecule has 1 saturated heterocycles. The summed E-state index contributed by atoms with van der Waals surface area (Å²) in [6.45, 7) is -0.801. The maximum absolute atomic E-state index is 10.8. The molecule has 0 aromatic rings. The van der Waals surface area contributed by atoms with Gasteiger partial charge in [0, 0.05) is 7.11 Å². The minimum absolute atomic E-state index is 0.801. The standard InChI is InChI=1S/C7H14O12S2/c1-16-7-6(19-21(13,14)15)5(18-20(10,11)12)4(9)3(2-8)17-7/h3-9H,2H2,1H3,(H,10,11,12)(H,13,14,15)/t3-,4-,5+,6-,7-/m0/s1. The van der Waals surface area contributed by atoms with Crippen LogP contribution in [0.3, 0.4) is 0 Å². The lowest BCUT2D eigenvalue weighted by Gasteiger charge is -2.41. The molecular formula is C7H14O12S2. The third-order valence-electron chi connectivity index (χ3n) is 2.50. The number of rotatable bonds is 6. The van der Waals surface area contributed by atoms with Gasteiger partial charge in [-0.05, 0) is 0 Å². The molecule has 0 aliphatic carbocycles. The first-order valence-electron chi connectivity index (χ1n) is 5.27. The molecule has 5 atom stereocenters. The summed E-state index contributed by atoms with van der Waals surface area (Å²) in [5.41, 5.74) is 0. The lowest BCUT2D eigenvalue weighted by Crippen LogP contribution is -2.61. The number of hydrogen-bond acceptors (Lipinski definition) is 10. The van der Waals surface area contributed by atoms with Gasteiger partial charge >= 0.3 is 20.8 Å². The Bertz CT molecular complexity index is 540. The van der Waals surface area contributed by atoms with Crippen LogP contribution in [0.2, 0.25) is 0 Å². The molecule has 0 radical (unpaired) electrons. The van der Waals surface area contributed by atoms with Crippen LogP contribution in [-0.2, 0) is 38.6 Å². The molecule has 0 amide bonds. The second-order valence-corrected chi connectivity index (χ2v) is 6.02. The molecule has 0 unspecified atom stereocenters. The van der Waals surface area contributed by atoms with Gasteiger partial charge in [0.25, 0.3) is 0 Å². The summed E-state index contributed by atoms with van der Waals surface area (Å²) in [6.07, 6.45) is -8.94. The van der Waals surface area contributed by atoms with Crippen LogP contribution in [0.5, 0.6) is 0 Å². The molecule has 0 aromatic heterocycles. The highest BCUT2D eigenvalue weighted by Gasteiger charge is 2.50. The molecule has 126 valence electrons. The van der Waals surface area contributed by atoms with Crippen LogP contribution in [-0.4, -0.2) is 80.6 Å². The molecule has 21 heavy (non-hydrogen) atoms. The minimum Gasteiger partial charge on any atom is -0.394 e. The molecule has 0 bridgehead atoms. The highest BCUT2D eigenvalue weighted by atomic mass is 32.3. The second kappa shape index (κ2) is 6.78. The number of ether oxygens (including phenoxy) is 2. The van der Waals surface area contributed by atoms with E-state index < -0.39 is 58.1 Å². The zero-order chi connectivity index (χ0) is 16.4. The number of methoxy groups -OCH3 is 1. The molecule has 4 N–H and O–H groups in total. The van der Waals surface area contributed by atoms with Gasteiger partial charge in [-0.15, -0.1) is 0 Å². The van der Waals surface area contributed by atoms with Gasteiger partial charge in [-0.2, -0.15) is 16.8 Å². The van der Waals surface area contributed by atoms with Crippen LogP contribution >= 0.6 is 0 Å². The van der Waals surface area contributed by atoms with E-state index in [1.54, 1.807) is 0 Å². The maximum atomic E-state index is 10.8. The second-order valence-electron chi connectivity index (χ2n) is 3.93. The molecule has 1 aliphatic rings. The van der Waals surface area contributed by atoms with Crippen LogP contribution in [0, 0.1) is 0 Å². The van der Waals surface area contributed by atoms with Crippen molar-refractivity contribution >= 4 is 20.8 Å². The number of aliphatic hydroxyl groups excluding tert-OH is 2. The fraction of sp³-hybridized carbons (Fsp3) is 1.00. The van der Waals surface area contributed by atoms with Crippen molar-refractivity contribution in [2.75, 3.05) is 13.7 Å². The highest BCUT2D eigenvalue weighted by molar-refractivity contribution is 7.81. The number of aliphatic hydroxyl groups is 2. The Morgan fingerprint density at radius 3 is 1.90 bits per heavy atom. The van der Waals surface area contributed by atoms with E-state index in [-0.39, 0.29) is 0 Å². The molecule has 14 heteroatoms. The van der Waals surface area contributed by atoms with E-state index >= 15 is 0 Å². The summed E-state index contributed by atoms with van der Waals surface area (Å²) in [5.74, 6) is 0. The van der Waals surface area contributed by atoms with Crippen molar-refractivity contribution in [3.05, 3.63) is 0 Å². The summed E-state index contributed by atoms with van der Waals surface area (Å²) in [5, 5.41) is 18.8. The lowest BCUT2D eigenvalue weighted by atomic mass is 9.99. The molecule has 12 nitrogen and oxygen atoms in total. The van der Waals surface area contributed by atoms with Crippen molar-refractivity contribution in [2.45, 2.75) is 30.7 Å². The van der Waals surface area contributed by atoms with Crippen LogP contribution in [0.4, 0.5) is 0 Å². The highest BCUT2D eigenvalue weighted by Crippen LogP contribution is 2.28. The van der Waals surface area contributed by atoms with Gasteiger partial charge in [0.15, 0.2) is 12.4 Å². The van der Waals surface area contributed by atoms with Gasteiger partial charge < -0.3 is 19.7 Å². The molecule has 0 saturated carbocycles. The first-order valence-corrected chi connectivity index (χ1v) is 8.00. The van der Waals surface area contributed by atoms with E-state index in [1.807, 2.05) is 0 Å². The average Bonchev–Trinajstić information content (AvgIpc) is 2.31. The quantitative estimate of drug-likeness (QED) is 0.357. The summed E-state index contributed by atoms with van der Waals surface area (Å²) >= 11 is 0. The van der Waals surface area contributed by atoms with E-state index in [9.17, 15) is 21.9 Å². The predicted octanol–water partition coefficient (Wildman–Crippen LogP) is -2.91. The fourth-order valence-electron chi connectivity index (χ4n) is 1.72. The normalized spacial score (nSPS) is 34.8. The Balaban J connectivity index is 3.16. The SMILES string of the molecule is CO[C@H]1O[C@@H](CO)[C@H](O)[C@@H](OS(=O)(=O)O)[C@@H]1OS(=O)(=O)O. The molecule has 0 aromatic carbocycles. The first kappa shape index (κ1) is 18.6. The number of hydrogen-bond donors (Lipinski definition) is 4. The minimum atomic E-state index is -5.12. The van der Waals surface area contributed by atoms with Gasteiger partial charge in [0.1, 0.15) is 18.3 Å². The maximum Gasteiger partial charge on any atom is 0.397 e. The Hall–Kier alpha value is -0.420. The Morgan fingerprint density at radius 2 is 1.52 bits per heavy atom. The van der Waals surface area contributed by atoms with Crippen LogP contribution in [0.1, 0.15) is 0 Å². The zero-order valence-electron chi connectivity index (χ0n) is 10.5. The largest absolute Gasteiger partial charge is 0.397 e. The summed E-state index contributed by atoms with van der Waals surface area (Å²) < 4.78 is 78.2. The zero-order valence-corrected chi connectivity index (χ0v) is 12.1. The molecule has 1 heterocycles. The molecule has 1 rings (SSSR count). The average molecular weight is 354 g/mol. The van der Waals surface area contributed by atoms with E-state index in [4.69, 9.17) is 18.9 Å². The predicted molar refractivity (Wildman–Crippen MR) is 61.6 cm³/mol. The van der Waals surface area contributed by atoms with Gasteiger partial charge in [-0.1, -0.05) is 0 Å². The topological polar surface area (TPSA) is 186 Å². The van der Waals surface area contributed by atoms with Crippen molar-refractivity contribution in [3.63, 3.8) is 0 Å². The van der Waals surface area contributed by atoms with Crippen molar-refractivity contribution in [1.29, 1.82) is 0 Å². The molecule has 1 fully saturated rings. The van der Waals surface area contributed by atoms with Gasteiger partial charge in [-0.25, -0.2) is 8.37 Å². The Morgan fingerprint density at radius 1 is 1.05 bits per heavy atom. The van der Waals surface area contributed by atoms with E-state index in [0.29, 0.717) is 0 Å². The third-order valence-corrected chi connectivity index (χ3v) is 3.43. The van der Waals surface area contributed by atoms with E-state index in [1.165, 1.54) is 0 Å². The Labute approximate surface area is 120 Å². The molecule has 0 spiro atoms. The van der Waals surface area contributed by atoms with Crippen molar-refractivity contribution in [1.82, 2.24) is 0 Å². The van der Waals surface area contributed by atoms with Crippen molar-refractivity contribution in [2.24, 2.45) is 0 Å². The van der Waals surface area contributed by atoms with Crippen molar-refractivity contribution < 1.29 is 54.0 Å². The van der Waals surface area contributed by atoms with Gasteiger partial charge in [0.2, 0.25) is 0 Å². The Kier molecular flexibility index (Phi) is 6.01. The smallest absolute Gasteiger partial charge is 0.394 e. The fourth-order valence-corrected chi connectivity index (χ4v) is 2.71. The first-order chi connectivity index (χ1) is 9.48.